The second-order valence-electron chi connectivity index (χ2n) is 4.99. The number of aliphatic imine (C=N–C) groups is 1. The molecule has 3 atom stereocenters. The normalized spacial score (nSPS) is 29.8. The first-order chi connectivity index (χ1) is 9.24. The van der Waals surface area contributed by atoms with Crippen LogP contribution in [0.4, 0.5) is 0 Å². The smallest absolute Gasteiger partial charge is 0.191 e. The van der Waals surface area contributed by atoms with E-state index in [1.165, 1.54) is 17.7 Å². The van der Waals surface area contributed by atoms with E-state index in [0.717, 1.165) is 23.3 Å². The number of thiophene rings is 1. The number of guanidine groups is 1. The van der Waals surface area contributed by atoms with Crippen LogP contribution in [0.15, 0.2) is 17.1 Å². The molecule has 3 unspecified atom stereocenters. The molecule has 2 aliphatic rings. The van der Waals surface area contributed by atoms with Crippen molar-refractivity contribution in [3.8, 4) is 0 Å². The Kier molecular flexibility index (Phi) is 3.96. The molecule has 3 rings (SSSR count). The average Bonchev–Trinajstić information content (AvgIpc) is 3.11. The molecule has 0 aliphatic carbocycles. The van der Waals surface area contributed by atoms with E-state index in [2.05, 4.69) is 15.6 Å². The predicted octanol–water partition coefficient (Wildman–Crippen LogP) is 2.39. The van der Waals surface area contributed by atoms with Crippen LogP contribution in [-0.4, -0.2) is 31.3 Å². The molecule has 0 radical (unpaired) electrons. The zero-order valence-corrected chi connectivity index (χ0v) is 12.4. The van der Waals surface area contributed by atoms with Crippen LogP contribution in [0.1, 0.15) is 24.1 Å². The summed E-state index contributed by atoms with van der Waals surface area (Å²) in [4.78, 5) is 5.47. The van der Waals surface area contributed by atoms with Crippen molar-refractivity contribution in [2.45, 2.75) is 44.1 Å². The van der Waals surface area contributed by atoms with E-state index in [-0.39, 0.29) is 0 Å². The number of hydrogen-bond donors (Lipinski definition) is 2. The molecule has 0 spiro atoms. The zero-order valence-electron chi connectivity index (χ0n) is 10.9. The fraction of sp³-hybridized carbons (Fsp3) is 0.615. The van der Waals surface area contributed by atoms with Gasteiger partial charge in [-0.2, -0.15) is 0 Å². The van der Waals surface area contributed by atoms with E-state index in [9.17, 15) is 0 Å². The summed E-state index contributed by atoms with van der Waals surface area (Å²) in [5, 5.41) is 6.78. The number of nitrogens with one attached hydrogen (secondary N) is 2. The highest BCUT2D eigenvalue weighted by Crippen LogP contribution is 2.34. The molecule has 104 valence electrons. The van der Waals surface area contributed by atoms with Gasteiger partial charge in [0.25, 0.3) is 0 Å². The lowest BCUT2D eigenvalue weighted by molar-refractivity contribution is 0.0992. The highest BCUT2D eigenvalue weighted by Gasteiger charge is 2.41. The van der Waals surface area contributed by atoms with Crippen molar-refractivity contribution in [3.05, 3.63) is 21.3 Å². The van der Waals surface area contributed by atoms with Gasteiger partial charge in [-0.3, -0.25) is 4.99 Å². The van der Waals surface area contributed by atoms with Crippen molar-refractivity contribution in [2.24, 2.45) is 4.99 Å². The molecule has 0 amide bonds. The third-order valence-corrected chi connectivity index (χ3v) is 4.94. The van der Waals surface area contributed by atoms with E-state index < -0.39 is 0 Å². The summed E-state index contributed by atoms with van der Waals surface area (Å²) in [6, 6.07) is 4.36. The minimum absolute atomic E-state index is 0.361. The molecule has 4 nitrogen and oxygen atoms in total. The Morgan fingerprint density at radius 3 is 3.00 bits per heavy atom. The van der Waals surface area contributed by atoms with Crippen LogP contribution in [0, 0.1) is 0 Å². The molecule has 2 N–H and O–H groups in total. The fourth-order valence-corrected chi connectivity index (χ4v) is 3.80. The van der Waals surface area contributed by atoms with Crippen LogP contribution >= 0.6 is 22.9 Å². The standard InChI is InChI=1S/C13H18ClN3OS/c1-15-13(16-7-9-3-5-12(14)19-9)17-10-6-8-2-4-11(10)18-8/h3,5,8,10-11H,2,4,6-7H2,1H3,(H2,15,16,17). The molecule has 1 aromatic rings. The first-order valence-electron chi connectivity index (χ1n) is 6.61. The van der Waals surface area contributed by atoms with Crippen LogP contribution in [0.2, 0.25) is 4.34 Å². The van der Waals surface area contributed by atoms with Crippen LogP contribution in [-0.2, 0) is 11.3 Å². The zero-order chi connectivity index (χ0) is 13.2. The summed E-state index contributed by atoms with van der Waals surface area (Å²) >= 11 is 7.51. The minimum Gasteiger partial charge on any atom is -0.373 e. The fourth-order valence-electron chi connectivity index (χ4n) is 2.78. The maximum absolute atomic E-state index is 5.92. The summed E-state index contributed by atoms with van der Waals surface area (Å²) in [6.45, 7) is 0.749. The molecule has 2 saturated heterocycles. The van der Waals surface area contributed by atoms with E-state index in [1.807, 2.05) is 12.1 Å². The van der Waals surface area contributed by atoms with Gasteiger partial charge >= 0.3 is 0 Å². The van der Waals surface area contributed by atoms with Crippen LogP contribution in [0.25, 0.3) is 0 Å². The maximum Gasteiger partial charge on any atom is 0.191 e. The monoisotopic (exact) mass is 299 g/mol. The number of hydrogen-bond acceptors (Lipinski definition) is 3. The van der Waals surface area contributed by atoms with Gasteiger partial charge in [0, 0.05) is 11.9 Å². The summed E-state index contributed by atoms with van der Waals surface area (Å²) < 4.78 is 6.66. The van der Waals surface area contributed by atoms with Gasteiger partial charge in [-0.1, -0.05) is 11.6 Å². The Balaban J connectivity index is 1.51. The lowest BCUT2D eigenvalue weighted by Gasteiger charge is -2.22. The van der Waals surface area contributed by atoms with E-state index in [4.69, 9.17) is 16.3 Å². The summed E-state index contributed by atoms with van der Waals surface area (Å²) in [5.74, 6) is 0.839. The number of rotatable bonds is 3. The number of fused-ring (bicyclic) bond motifs is 2. The van der Waals surface area contributed by atoms with Gasteiger partial charge in [0.1, 0.15) is 0 Å². The molecule has 2 fully saturated rings. The summed E-state index contributed by atoms with van der Waals surface area (Å²) in [6.07, 6.45) is 4.29. The van der Waals surface area contributed by atoms with Gasteiger partial charge < -0.3 is 15.4 Å². The highest BCUT2D eigenvalue weighted by molar-refractivity contribution is 7.16. The average molecular weight is 300 g/mol. The number of ether oxygens (including phenoxy) is 1. The van der Waals surface area contributed by atoms with Crippen molar-refractivity contribution in [2.75, 3.05) is 7.05 Å². The topological polar surface area (TPSA) is 45.7 Å². The van der Waals surface area contributed by atoms with Gasteiger partial charge in [-0.25, -0.2) is 0 Å². The largest absolute Gasteiger partial charge is 0.373 e. The Bertz CT molecular complexity index is 476. The van der Waals surface area contributed by atoms with Gasteiger partial charge in [-0.15, -0.1) is 11.3 Å². The van der Waals surface area contributed by atoms with E-state index in [1.54, 1.807) is 18.4 Å². The summed E-state index contributed by atoms with van der Waals surface area (Å²) in [7, 11) is 1.80. The molecule has 6 heteroatoms. The van der Waals surface area contributed by atoms with Crippen molar-refractivity contribution in [3.63, 3.8) is 0 Å². The van der Waals surface area contributed by atoms with Crippen molar-refractivity contribution >= 4 is 28.9 Å². The lowest BCUT2D eigenvalue weighted by atomic mass is 9.96. The molecule has 2 aliphatic heterocycles. The van der Waals surface area contributed by atoms with Crippen LogP contribution in [0.5, 0.6) is 0 Å². The Morgan fingerprint density at radius 1 is 1.53 bits per heavy atom. The molecular formula is C13H18ClN3OS. The molecule has 1 aromatic heterocycles. The van der Waals surface area contributed by atoms with Gasteiger partial charge in [-0.05, 0) is 31.4 Å². The van der Waals surface area contributed by atoms with Crippen molar-refractivity contribution < 1.29 is 4.74 Å². The third kappa shape index (κ3) is 3.04. The predicted molar refractivity (Wildman–Crippen MR) is 79.0 cm³/mol. The molecule has 2 bridgehead atoms. The second kappa shape index (κ2) is 5.69. The first-order valence-corrected chi connectivity index (χ1v) is 7.81. The number of halogens is 1. The van der Waals surface area contributed by atoms with Crippen LogP contribution in [0.3, 0.4) is 0 Å². The van der Waals surface area contributed by atoms with Crippen molar-refractivity contribution in [1.82, 2.24) is 10.6 Å². The van der Waals surface area contributed by atoms with Crippen molar-refractivity contribution in [1.29, 1.82) is 0 Å². The SMILES string of the molecule is CN=C(NCc1ccc(Cl)s1)NC1CC2CCC1O2. The third-order valence-electron chi connectivity index (χ3n) is 3.71. The quantitative estimate of drug-likeness (QED) is 0.665. The second-order valence-corrected chi connectivity index (χ2v) is 6.79. The van der Waals surface area contributed by atoms with Gasteiger partial charge in [0.05, 0.1) is 29.1 Å². The minimum atomic E-state index is 0.361. The molecule has 0 aromatic carbocycles. The summed E-state index contributed by atoms with van der Waals surface area (Å²) in [5.41, 5.74) is 0. The van der Waals surface area contributed by atoms with Crippen LogP contribution < -0.4 is 10.6 Å². The van der Waals surface area contributed by atoms with E-state index in [0.29, 0.717) is 18.2 Å². The van der Waals surface area contributed by atoms with E-state index >= 15 is 0 Å². The maximum atomic E-state index is 5.92. The first kappa shape index (κ1) is 13.2. The lowest BCUT2D eigenvalue weighted by Crippen LogP contribution is -2.47. The molecule has 3 heterocycles. The van der Waals surface area contributed by atoms with Gasteiger partial charge in [0.15, 0.2) is 5.96 Å². The molecule has 19 heavy (non-hydrogen) atoms. The molecule has 0 saturated carbocycles. The highest BCUT2D eigenvalue weighted by atomic mass is 35.5. The Labute approximate surface area is 122 Å². The number of nitrogens with zero attached hydrogens (tertiary/aromatic N) is 1. The molecular weight excluding hydrogens is 282 g/mol. The Morgan fingerprint density at radius 2 is 2.42 bits per heavy atom. The van der Waals surface area contributed by atoms with Gasteiger partial charge in [0.2, 0.25) is 0 Å². The Hall–Kier alpha value is -0.780.